The van der Waals surface area contributed by atoms with Crippen LogP contribution in [0.5, 0.6) is 0 Å². The van der Waals surface area contributed by atoms with Gasteiger partial charge in [0.1, 0.15) is 11.9 Å². The summed E-state index contributed by atoms with van der Waals surface area (Å²) in [5, 5.41) is 2.94. The van der Waals surface area contributed by atoms with Crippen molar-refractivity contribution in [2.45, 2.75) is 52.6 Å². The fraction of sp³-hybridized carbons (Fsp3) is 0.310. The second-order valence-electron chi connectivity index (χ2n) is 8.78. The van der Waals surface area contributed by atoms with Crippen LogP contribution >= 0.6 is 0 Å². The van der Waals surface area contributed by atoms with Crippen LogP contribution in [0.1, 0.15) is 41.2 Å². The number of benzene rings is 3. The highest BCUT2D eigenvalue weighted by atomic mass is 19.1. The van der Waals surface area contributed by atoms with Gasteiger partial charge in [-0.15, -0.1) is 0 Å². The van der Waals surface area contributed by atoms with Crippen LogP contribution in [-0.4, -0.2) is 29.3 Å². The third kappa shape index (κ3) is 7.01. The monoisotopic (exact) mass is 460 g/mol. The number of carbonyl (C=O) groups is 2. The number of hydrogen-bond donors (Lipinski definition) is 1. The van der Waals surface area contributed by atoms with E-state index < -0.39 is 6.04 Å². The van der Waals surface area contributed by atoms with E-state index in [0.717, 1.165) is 28.7 Å². The molecule has 1 atom stereocenters. The van der Waals surface area contributed by atoms with Crippen LogP contribution < -0.4 is 5.32 Å². The van der Waals surface area contributed by atoms with E-state index in [-0.39, 0.29) is 30.6 Å². The molecule has 0 saturated heterocycles. The molecule has 3 aromatic carbocycles. The van der Waals surface area contributed by atoms with Gasteiger partial charge in [0, 0.05) is 25.1 Å². The van der Waals surface area contributed by atoms with E-state index in [1.165, 1.54) is 11.0 Å². The summed E-state index contributed by atoms with van der Waals surface area (Å²) in [5.41, 5.74) is 4.36. The molecule has 0 aliphatic rings. The standard InChI is InChI=1S/C29H33FN2O2/c1-4-14-31-29(34)27(18-23-10-6-5-7-11-23)32(20-25-12-8-9-13-26(25)30)28(33)19-24-16-21(2)15-22(3)17-24/h5-13,15-17,27H,4,14,18-20H2,1-3H3,(H,31,34). The van der Waals surface area contributed by atoms with Gasteiger partial charge in [0.25, 0.3) is 0 Å². The van der Waals surface area contributed by atoms with Crippen LogP contribution in [0, 0.1) is 19.7 Å². The topological polar surface area (TPSA) is 49.4 Å². The smallest absolute Gasteiger partial charge is 0.243 e. The zero-order chi connectivity index (χ0) is 24.5. The average Bonchev–Trinajstić information content (AvgIpc) is 2.80. The first-order chi connectivity index (χ1) is 16.4. The summed E-state index contributed by atoms with van der Waals surface area (Å²) in [6, 6.07) is 21.3. The molecule has 0 saturated carbocycles. The number of aryl methyl sites for hydroxylation is 2. The Morgan fingerprint density at radius 1 is 0.912 bits per heavy atom. The van der Waals surface area contributed by atoms with Crippen molar-refractivity contribution in [1.29, 1.82) is 0 Å². The second kappa shape index (κ2) is 12.1. The van der Waals surface area contributed by atoms with E-state index in [2.05, 4.69) is 11.4 Å². The number of carbonyl (C=O) groups excluding carboxylic acids is 2. The third-order valence-electron chi connectivity index (χ3n) is 5.76. The summed E-state index contributed by atoms with van der Waals surface area (Å²) < 4.78 is 14.6. The number of hydrogen-bond acceptors (Lipinski definition) is 2. The molecule has 0 spiro atoms. The molecule has 1 unspecified atom stereocenters. The van der Waals surface area contributed by atoms with Crippen LogP contribution in [0.3, 0.4) is 0 Å². The minimum Gasteiger partial charge on any atom is -0.354 e. The molecule has 1 N–H and O–H groups in total. The molecule has 0 heterocycles. The van der Waals surface area contributed by atoms with E-state index in [1.807, 2.05) is 63.2 Å². The first-order valence-electron chi connectivity index (χ1n) is 11.8. The number of rotatable bonds is 10. The summed E-state index contributed by atoms with van der Waals surface area (Å²) >= 11 is 0. The number of nitrogens with zero attached hydrogens (tertiary/aromatic N) is 1. The van der Waals surface area contributed by atoms with Crippen molar-refractivity contribution in [2.75, 3.05) is 6.54 Å². The molecule has 5 heteroatoms. The minimum atomic E-state index is -0.757. The van der Waals surface area contributed by atoms with E-state index in [0.29, 0.717) is 18.5 Å². The van der Waals surface area contributed by atoms with Gasteiger partial charge in [0.15, 0.2) is 0 Å². The molecular weight excluding hydrogens is 427 g/mol. The average molecular weight is 461 g/mol. The number of nitrogens with one attached hydrogen (secondary N) is 1. The molecule has 0 radical (unpaired) electrons. The van der Waals surface area contributed by atoms with Crippen LogP contribution in [-0.2, 0) is 29.0 Å². The van der Waals surface area contributed by atoms with Crippen molar-refractivity contribution in [2.24, 2.45) is 0 Å². The van der Waals surface area contributed by atoms with Gasteiger partial charge in [-0.05, 0) is 37.5 Å². The number of halogens is 1. The van der Waals surface area contributed by atoms with Gasteiger partial charge in [0.05, 0.1) is 6.42 Å². The highest BCUT2D eigenvalue weighted by Gasteiger charge is 2.30. The summed E-state index contributed by atoms with van der Waals surface area (Å²) in [6.45, 7) is 6.51. The molecule has 0 bridgehead atoms. The maximum absolute atomic E-state index is 14.6. The van der Waals surface area contributed by atoms with Crippen molar-refractivity contribution >= 4 is 11.8 Å². The lowest BCUT2D eigenvalue weighted by molar-refractivity contribution is -0.140. The SMILES string of the molecule is CCCNC(=O)C(Cc1ccccc1)N(Cc1ccccc1F)C(=O)Cc1cc(C)cc(C)c1. The third-order valence-corrected chi connectivity index (χ3v) is 5.76. The lowest BCUT2D eigenvalue weighted by Gasteiger charge is -2.32. The van der Waals surface area contributed by atoms with Crippen molar-refractivity contribution in [1.82, 2.24) is 10.2 Å². The highest BCUT2D eigenvalue weighted by Crippen LogP contribution is 2.19. The van der Waals surface area contributed by atoms with Crippen molar-refractivity contribution < 1.29 is 14.0 Å². The Morgan fingerprint density at radius 2 is 1.56 bits per heavy atom. The van der Waals surface area contributed by atoms with E-state index >= 15 is 0 Å². The van der Waals surface area contributed by atoms with Crippen molar-refractivity contribution in [3.63, 3.8) is 0 Å². The summed E-state index contributed by atoms with van der Waals surface area (Å²) in [5.74, 6) is -0.823. The molecular formula is C29H33FN2O2. The maximum Gasteiger partial charge on any atom is 0.243 e. The fourth-order valence-electron chi connectivity index (χ4n) is 4.18. The molecule has 0 fully saturated rings. The molecule has 0 aromatic heterocycles. The Balaban J connectivity index is 1.98. The van der Waals surface area contributed by atoms with Crippen molar-refractivity contribution in [3.8, 4) is 0 Å². The van der Waals surface area contributed by atoms with Crippen LogP contribution in [0.15, 0.2) is 72.8 Å². The molecule has 3 aromatic rings. The Hall–Kier alpha value is -3.47. The van der Waals surface area contributed by atoms with Crippen LogP contribution in [0.25, 0.3) is 0 Å². The van der Waals surface area contributed by atoms with E-state index in [4.69, 9.17) is 0 Å². The summed E-state index contributed by atoms with van der Waals surface area (Å²) in [6.07, 6.45) is 1.28. The predicted molar refractivity (Wildman–Crippen MR) is 134 cm³/mol. The first kappa shape index (κ1) is 25.2. The molecule has 4 nitrogen and oxygen atoms in total. The van der Waals surface area contributed by atoms with Gasteiger partial charge in [0.2, 0.25) is 11.8 Å². The van der Waals surface area contributed by atoms with Gasteiger partial charge in [-0.1, -0.05) is 84.8 Å². The second-order valence-corrected chi connectivity index (χ2v) is 8.78. The van der Waals surface area contributed by atoms with E-state index in [9.17, 15) is 14.0 Å². The summed E-state index contributed by atoms with van der Waals surface area (Å²) in [7, 11) is 0. The molecule has 34 heavy (non-hydrogen) atoms. The van der Waals surface area contributed by atoms with Gasteiger partial charge in [-0.3, -0.25) is 9.59 Å². The predicted octanol–water partition coefficient (Wildman–Crippen LogP) is 5.15. The van der Waals surface area contributed by atoms with Crippen LogP contribution in [0.2, 0.25) is 0 Å². The Kier molecular flexibility index (Phi) is 8.97. The largest absolute Gasteiger partial charge is 0.354 e. The number of amides is 2. The Morgan fingerprint density at radius 3 is 2.21 bits per heavy atom. The molecule has 2 amide bonds. The zero-order valence-electron chi connectivity index (χ0n) is 20.2. The normalized spacial score (nSPS) is 11.6. The van der Waals surface area contributed by atoms with Gasteiger partial charge in [-0.25, -0.2) is 4.39 Å². The molecule has 0 aliphatic heterocycles. The van der Waals surface area contributed by atoms with Crippen molar-refractivity contribution in [3.05, 3.63) is 106 Å². The Bertz CT molecular complexity index is 1090. The minimum absolute atomic E-state index is 0.0212. The van der Waals surface area contributed by atoms with E-state index in [1.54, 1.807) is 18.2 Å². The molecule has 178 valence electrons. The maximum atomic E-state index is 14.6. The summed E-state index contributed by atoms with van der Waals surface area (Å²) in [4.78, 5) is 28.5. The van der Waals surface area contributed by atoms with Gasteiger partial charge >= 0.3 is 0 Å². The molecule has 0 aliphatic carbocycles. The first-order valence-corrected chi connectivity index (χ1v) is 11.8. The molecule has 3 rings (SSSR count). The van der Waals surface area contributed by atoms with Gasteiger partial charge < -0.3 is 10.2 Å². The lowest BCUT2D eigenvalue weighted by Crippen LogP contribution is -2.51. The fourth-order valence-corrected chi connectivity index (χ4v) is 4.18. The van der Waals surface area contributed by atoms with Crippen LogP contribution in [0.4, 0.5) is 4.39 Å². The Labute approximate surface area is 201 Å². The van der Waals surface area contributed by atoms with Gasteiger partial charge in [-0.2, -0.15) is 0 Å². The lowest BCUT2D eigenvalue weighted by atomic mass is 10.00. The highest BCUT2D eigenvalue weighted by molar-refractivity contribution is 5.88. The zero-order valence-corrected chi connectivity index (χ0v) is 20.2. The quantitative estimate of drug-likeness (QED) is 0.455.